The van der Waals surface area contributed by atoms with Crippen molar-refractivity contribution in [2.75, 3.05) is 19.6 Å². The number of benzene rings is 1. The highest BCUT2D eigenvalue weighted by molar-refractivity contribution is 5.76. The van der Waals surface area contributed by atoms with Crippen molar-refractivity contribution in [3.8, 4) is 0 Å². The first-order valence-corrected chi connectivity index (χ1v) is 11.9. The quantitative estimate of drug-likeness (QED) is 0.663. The fourth-order valence-electron chi connectivity index (χ4n) is 4.87. The molecule has 0 bridgehead atoms. The summed E-state index contributed by atoms with van der Waals surface area (Å²) in [5.41, 5.74) is 2.76. The first-order valence-electron chi connectivity index (χ1n) is 11.9. The van der Waals surface area contributed by atoms with Gasteiger partial charge in [-0.15, -0.1) is 10.2 Å². The average molecular weight is 425 g/mol. The van der Waals surface area contributed by atoms with Crippen LogP contribution in [0.15, 0.2) is 28.7 Å². The van der Waals surface area contributed by atoms with Gasteiger partial charge in [-0.1, -0.05) is 38.1 Å². The Balaban J connectivity index is 1.36. The molecule has 0 saturated carbocycles. The standard InChI is InChI=1S/C25H36N4O2/c1-18(2)16-23(30)29-13-7-6-10-22(29)25-27-26-24(31-25)20-11-14-28(15-12-20)17-21-9-5-4-8-19(21)3/h4-5,8-9,18,20,22H,6-7,10-17H2,1-3H3/t22-/m0/s1. The molecule has 168 valence electrons. The number of aromatic nitrogens is 2. The third-order valence-corrected chi connectivity index (χ3v) is 6.74. The van der Waals surface area contributed by atoms with Gasteiger partial charge in [-0.3, -0.25) is 9.69 Å². The Morgan fingerprint density at radius 2 is 1.81 bits per heavy atom. The monoisotopic (exact) mass is 424 g/mol. The molecule has 1 aromatic carbocycles. The molecule has 6 nitrogen and oxygen atoms in total. The van der Waals surface area contributed by atoms with E-state index in [-0.39, 0.29) is 11.9 Å². The minimum Gasteiger partial charge on any atom is -0.423 e. The molecule has 0 N–H and O–H groups in total. The average Bonchev–Trinajstić information content (AvgIpc) is 3.25. The third-order valence-electron chi connectivity index (χ3n) is 6.74. The molecule has 4 rings (SSSR count). The van der Waals surface area contributed by atoms with Crippen LogP contribution in [0.5, 0.6) is 0 Å². The SMILES string of the molecule is Cc1ccccc1CN1CCC(c2nnc([C@@H]3CCCCN3C(=O)CC(C)C)o2)CC1. The van der Waals surface area contributed by atoms with Crippen LogP contribution < -0.4 is 0 Å². The second-order valence-corrected chi connectivity index (χ2v) is 9.65. The summed E-state index contributed by atoms with van der Waals surface area (Å²) in [7, 11) is 0. The Morgan fingerprint density at radius 3 is 2.55 bits per heavy atom. The molecule has 3 heterocycles. The number of amides is 1. The number of rotatable bonds is 6. The zero-order valence-electron chi connectivity index (χ0n) is 19.2. The molecule has 2 saturated heterocycles. The summed E-state index contributed by atoms with van der Waals surface area (Å²) in [6.45, 7) is 10.2. The van der Waals surface area contributed by atoms with Gasteiger partial charge < -0.3 is 9.32 Å². The number of aryl methyl sites for hydroxylation is 1. The number of likely N-dealkylation sites (tertiary alicyclic amines) is 2. The highest BCUT2D eigenvalue weighted by atomic mass is 16.4. The van der Waals surface area contributed by atoms with Crippen molar-refractivity contribution in [2.45, 2.75) is 77.8 Å². The smallest absolute Gasteiger partial charge is 0.238 e. The minimum atomic E-state index is -0.0533. The van der Waals surface area contributed by atoms with Gasteiger partial charge in [0, 0.05) is 25.4 Å². The molecule has 1 atom stereocenters. The van der Waals surface area contributed by atoms with E-state index in [1.807, 2.05) is 4.90 Å². The Morgan fingerprint density at radius 1 is 1.06 bits per heavy atom. The van der Waals surface area contributed by atoms with Crippen molar-refractivity contribution in [3.63, 3.8) is 0 Å². The molecule has 31 heavy (non-hydrogen) atoms. The van der Waals surface area contributed by atoms with E-state index in [1.54, 1.807) is 0 Å². The van der Waals surface area contributed by atoms with Crippen LogP contribution >= 0.6 is 0 Å². The lowest BCUT2D eigenvalue weighted by atomic mass is 9.96. The zero-order chi connectivity index (χ0) is 21.8. The summed E-state index contributed by atoms with van der Waals surface area (Å²) >= 11 is 0. The van der Waals surface area contributed by atoms with Crippen molar-refractivity contribution in [1.82, 2.24) is 20.0 Å². The van der Waals surface area contributed by atoms with Crippen LogP contribution in [0.3, 0.4) is 0 Å². The van der Waals surface area contributed by atoms with Crippen LogP contribution in [0.25, 0.3) is 0 Å². The number of hydrogen-bond acceptors (Lipinski definition) is 5. The number of piperidine rings is 2. The summed E-state index contributed by atoms with van der Waals surface area (Å²) in [5.74, 6) is 2.28. The lowest BCUT2D eigenvalue weighted by Gasteiger charge is -2.34. The van der Waals surface area contributed by atoms with Gasteiger partial charge in [0.05, 0.1) is 0 Å². The molecule has 0 radical (unpaired) electrons. The van der Waals surface area contributed by atoms with E-state index < -0.39 is 0 Å². The summed E-state index contributed by atoms with van der Waals surface area (Å²) in [4.78, 5) is 17.2. The van der Waals surface area contributed by atoms with Gasteiger partial charge in [0.2, 0.25) is 17.7 Å². The topological polar surface area (TPSA) is 62.5 Å². The number of hydrogen-bond donors (Lipinski definition) is 0. The van der Waals surface area contributed by atoms with Crippen LogP contribution in [0.4, 0.5) is 0 Å². The van der Waals surface area contributed by atoms with Gasteiger partial charge in [-0.25, -0.2) is 0 Å². The Bertz CT molecular complexity index is 870. The Hall–Kier alpha value is -2.21. The molecule has 2 aliphatic heterocycles. The predicted molar refractivity (Wildman–Crippen MR) is 120 cm³/mol. The van der Waals surface area contributed by atoms with Gasteiger partial charge in [-0.05, 0) is 69.2 Å². The van der Waals surface area contributed by atoms with Crippen molar-refractivity contribution in [1.29, 1.82) is 0 Å². The first-order chi connectivity index (χ1) is 15.0. The summed E-state index contributed by atoms with van der Waals surface area (Å²) in [6, 6.07) is 8.57. The molecule has 0 unspecified atom stereocenters. The van der Waals surface area contributed by atoms with E-state index in [0.717, 1.165) is 64.2 Å². The van der Waals surface area contributed by atoms with Gasteiger partial charge in [0.25, 0.3) is 0 Å². The van der Waals surface area contributed by atoms with Crippen molar-refractivity contribution >= 4 is 5.91 Å². The van der Waals surface area contributed by atoms with Crippen LogP contribution in [0.2, 0.25) is 0 Å². The van der Waals surface area contributed by atoms with E-state index in [9.17, 15) is 4.79 Å². The van der Waals surface area contributed by atoms with E-state index in [4.69, 9.17) is 4.42 Å². The van der Waals surface area contributed by atoms with E-state index in [2.05, 4.69) is 60.1 Å². The van der Waals surface area contributed by atoms with Gasteiger partial charge in [0.15, 0.2) is 0 Å². The Kier molecular flexibility index (Phi) is 7.06. The maximum Gasteiger partial charge on any atom is 0.238 e. The highest BCUT2D eigenvalue weighted by Crippen LogP contribution is 2.34. The van der Waals surface area contributed by atoms with Crippen LogP contribution in [0.1, 0.15) is 87.2 Å². The van der Waals surface area contributed by atoms with Crippen LogP contribution in [0, 0.1) is 12.8 Å². The van der Waals surface area contributed by atoms with Gasteiger partial charge >= 0.3 is 0 Å². The molecule has 1 amide bonds. The van der Waals surface area contributed by atoms with Crippen LogP contribution in [-0.4, -0.2) is 45.5 Å². The summed E-state index contributed by atoms with van der Waals surface area (Å²) < 4.78 is 6.19. The Labute approximate surface area is 186 Å². The maximum absolute atomic E-state index is 12.7. The van der Waals surface area contributed by atoms with Crippen molar-refractivity contribution in [3.05, 3.63) is 47.2 Å². The summed E-state index contributed by atoms with van der Waals surface area (Å²) in [6.07, 6.45) is 5.73. The lowest BCUT2D eigenvalue weighted by molar-refractivity contribution is -0.136. The van der Waals surface area contributed by atoms with Crippen molar-refractivity contribution in [2.24, 2.45) is 5.92 Å². The molecular weight excluding hydrogens is 388 g/mol. The second kappa shape index (κ2) is 9.94. The number of carbonyl (C=O) groups is 1. The van der Waals surface area contributed by atoms with E-state index >= 15 is 0 Å². The van der Waals surface area contributed by atoms with E-state index in [0.29, 0.717) is 24.1 Å². The fraction of sp³-hybridized carbons (Fsp3) is 0.640. The largest absolute Gasteiger partial charge is 0.423 e. The normalized spacial score (nSPS) is 21.0. The zero-order valence-corrected chi connectivity index (χ0v) is 19.2. The maximum atomic E-state index is 12.7. The molecule has 0 aliphatic carbocycles. The molecule has 6 heteroatoms. The molecule has 2 aliphatic rings. The van der Waals surface area contributed by atoms with Crippen LogP contribution in [-0.2, 0) is 11.3 Å². The summed E-state index contributed by atoms with van der Waals surface area (Å²) in [5, 5.41) is 8.82. The van der Waals surface area contributed by atoms with Gasteiger partial charge in [0.1, 0.15) is 6.04 Å². The molecular formula is C25H36N4O2. The van der Waals surface area contributed by atoms with Gasteiger partial charge in [-0.2, -0.15) is 0 Å². The molecule has 0 spiro atoms. The number of carbonyl (C=O) groups excluding carboxylic acids is 1. The fourth-order valence-corrected chi connectivity index (χ4v) is 4.87. The predicted octanol–water partition coefficient (Wildman–Crippen LogP) is 4.86. The lowest BCUT2D eigenvalue weighted by Crippen LogP contribution is -2.39. The van der Waals surface area contributed by atoms with Crippen molar-refractivity contribution < 1.29 is 9.21 Å². The second-order valence-electron chi connectivity index (χ2n) is 9.65. The molecule has 1 aromatic heterocycles. The minimum absolute atomic E-state index is 0.0533. The molecule has 2 fully saturated rings. The number of nitrogens with zero attached hydrogens (tertiary/aromatic N) is 4. The third kappa shape index (κ3) is 5.35. The molecule has 2 aromatic rings. The first kappa shape index (κ1) is 22.0. The van der Waals surface area contributed by atoms with E-state index in [1.165, 1.54) is 11.1 Å². The highest BCUT2D eigenvalue weighted by Gasteiger charge is 2.33.